The van der Waals surface area contributed by atoms with Gasteiger partial charge in [-0.3, -0.25) is 14.6 Å². The lowest BCUT2D eigenvalue weighted by Crippen LogP contribution is -2.27. The Bertz CT molecular complexity index is 1500. The van der Waals surface area contributed by atoms with E-state index in [0.29, 0.717) is 12.1 Å². The van der Waals surface area contributed by atoms with E-state index in [0.717, 1.165) is 50.7 Å². The molecule has 2 aromatic carbocycles. The zero-order chi connectivity index (χ0) is 24.2. The van der Waals surface area contributed by atoms with Crippen LogP contribution in [-0.2, 0) is 16.0 Å². The van der Waals surface area contributed by atoms with E-state index in [9.17, 15) is 9.59 Å². The highest BCUT2D eigenvalue weighted by Crippen LogP contribution is 2.44. The number of carbonyl (C=O) groups excluding carboxylic acids is 1. The molecule has 1 aliphatic rings. The highest BCUT2D eigenvalue weighted by atomic mass is 16.5. The van der Waals surface area contributed by atoms with Crippen molar-refractivity contribution in [2.45, 2.75) is 52.7 Å². The molecule has 4 aromatic rings. The van der Waals surface area contributed by atoms with Gasteiger partial charge in [-0.2, -0.15) is 0 Å². The molecule has 1 aliphatic heterocycles. The van der Waals surface area contributed by atoms with Crippen LogP contribution in [0, 0.1) is 6.92 Å². The fourth-order valence-corrected chi connectivity index (χ4v) is 4.89. The van der Waals surface area contributed by atoms with Crippen LogP contribution in [0.25, 0.3) is 32.9 Å². The number of carbonyl (C=O) groups is 1. The van der Waals surface area contributed by atoms with E-state index < -0.39 is 11.7 Å². The molecule has 0 bridgehead atoms. The number of hydrogen-bond acceptors (Lipinski definition) is 5. The second kappa shape index (κ2) is 8.06. The molecule has 0 fully saturated rings. The molecule has 1 N–H and O–H groups in total. The average Bonchev–Trinajstić information content (AvgIpc) is 2.77. The number of Topliss-reactive ketones (excluding diaryl/α,β-unsaturated/α-hetero) is 1. The zero-order valence-electron chi connectivity index (χ0n) is 20.1. The van der Waals surface area contributed by atoms with Crippen molar-refractivity contribution in [1.82, 2.24) is 9.97 Å². The maximum absolute atomic E-state index is 13.0. The maximum atomic E-state index is 13.0. The van der Waals surface area contributed by atoms with E-state index in [-0.39, 0.29) is 11.3 Å². The highest BCUT2D eigenvalue weighted by molar-refractivity contribution is 6.08. The molecule has 0 saturated carbocycles. The highest BCUT2D eigenvalue weighted by Gasteiger charge is 2.31. The van der Waals surface area contributed by atoms with Crippen molar-refractivity contribution < 1.29 is 14.3 Å². The molecular weight excluding hydrogens is 428 g/mol. The number of nitrogens with zero attached hydrogens (tertiary/aromatic N) is 1. The summed E-state index contributed by atoms with van der Waals surface area (Å²) in [5.41, 5.74) is 5.38. The van der Waals surface area contributed by atoms with Crippen LogP contribution in [0.4, 0.5) is 0 Å². The van der Waals surface area contributed by atoms with E-state index in [1.165, 1.54) is 11.6 Å². The van der Waals surface area contributed by atoms with Crippen molar-refractivity contribution >= 4 is 27.6 Å². The van der Waals surface area contributed by atoms with Gasteiger partial charge in [-0.1, -0.05) is 0 Å². The van der Waals surface area contributed by atoms with Crippen LogP contribution >= 0.6 is 0 Å². The number of benzene rings is 2. The van der Waals surface area contributed by atoms with Crippen LogP contribution in [0.15, 0.2) is 47.4 Å². The van der Waals surface area contributed by atoms with Gasteiger partial charge in [-0.05, 0) is 87.2 Å². The molecule has 34 heavy (non-hydrogen) atoms. The lowest BCUT2D eigenvalue weighted by molar-refractivity contribution is -0.138. The van der Waals surface area contributed by atoms with Gasteiger partial charge in [0.05, 0.1) is 17.7 Å². The Labute approximate surface area is 197 Å². The molecule has 0 saturated heterocycles. The molecule has 0 radical (unpaired) electrons. The minimum atomic E-state index is -0.770. The number of ketones is 1. The van der Waals surface area contributed by atoms with Crippen molar-refractivity contribution in [1.29, 1.82) is 0 Å². The number of hydrogen-bond donors (Lipinski definition) is 1. The largest absolute Gasteiger partial charge is 0.493 e. The summed E-state index contributed by atoms with van der Waals surface area (Å²) in [4.78, 5) is 32.8. The molecule has 3 heterocycles. The second-order valence-corrected chi connectivity index (χ2v) is 9.89. The Kier molecular flexibility index (Phi) is 5.29. The third kappa shape index (κ3) is 3.78. The first kappa shape index (κ1) is 22.3. The number of aryl methyl sites for hydroxylation is 1. The van der Waals surface area contributed by atoms with Crippen LogP contribution in [0.3, 0.4) is 0 Å². The standard InChI is InChI=1S/C28H28N2O4/c1-15-14-20-18(7-9-22(32)30-20)25(23(15)27(16(2)31)34-28(3,4)5)19-6-8-21-24-17(11-13-33-21)10-12-29-26(19)24/h6-10,12,14,27H,11,13H2,1-5H3,(H,30,32)/t27-/m1/s1. The summed E-state index contributed by atoms with van der Waals surface area (Å²) < 4.78 is 12.3. The Morgan fingerprint density at radius 2 is 1.97 bits per heavy atom. The van der Waals surface area contributed by atoms with Gasteiger partial charge in [0.1, 0.15) is 11.9 Å². The molecule has 0 spiro atoms. The van der Waals surface area contributed by atoms with Gasteiger partial charge in [0.25, 0.3) is 0 Å². The molecule has 2 aromatic heterocycles. The number of nitrogens with one attached hydrogen (secondary N) is 1. The quantitative estimate of drug-likeness (QED) is 0.443. The number of aromatic amines is 1. The fraction of sp³-hybridized carbons (Fsp3) is 0.321. The van der Waals surface area contributed by atoms with E-state index in [2.05, 4.69) is 4.98 Å². The van der Waals surface area contributed by atoms with E-state index in [1.54, 1.807) is 6.92 Å². The minimum Gasteiger partial charge on any atom is -0.493 e. The molecule has 6 nitrogen and oxygen atoms in total. The molecular formula is C28H28N2O4. The Hall–Kier alpha value is -3.51. The van der Waals surface area contributed by atoms with Crippen molar-refractivity contribution in [3.05, 3.63) is 69.6 Å². The van der Waals surface area contributed by atoms with Crippen LogP contribution in [0.5, 0.6) is 5.75 Å². The van der Waals surface area contributed by atoms with Crippen molar-refractivity contribution in [3.63, 3.8) is 0 Å². The normalized spacial score (nSPS) is 14.3. The average molecular weight is 457 g/mol. The first-order valence-corrected chi connectivity index (χ1v) is 11.5. The van der Waals surface area contributed by atoms with Crippen molar-refractivity contribution in [2.75, 3.05) is 6.61 Å². The Morgan fingerprint density at radius 1 is 1.18 bits per heavy atom. The molecule has 0 aliphatic carbocycles. The number of pyridine rings is 2. The van der Waals surface area contributed by atoms with Crippen LogP contribution < -0.4 is 10.3 Å². The number of aromatic nitrogens is 2. The molecule has 0 unspecified atom stereocenters. The smallest absolute Gasteiger partial charge is 0.248 e. The van der Waals surface area contributed by atoms with Gasteiger partial charge in [-0.15, -0.1) is 0 Å². The van der Waals surface area contributed by atoms with Gasteiger partial charge in [0.2, 0.25) is 5.56 Å². The monoisotopic (exact) mass is 456 g/mol. The van der Waals surface area contributed by atoms with Crippen LogP contribution in [-0.4, -0.2) is 28.0 Å². The maximum Gasteiger partial charge on any atom is 0.248 e. The summed E-state index contributed by atoms with van der Waals surface area (Å²) >= 11 is 0. The predicted octanol–water partition coefficient (Wildman–Crippen LogP) is 5.43. The summed E-state index contributed by atoms with van der Waals surface area (Å²) in [5.74, 6) is 0.733. The number of fused-ring (bicyclic) bond motifs is 1. The van der Waals surface area contributed by atoms with E-state index >= 15 is 0 Å². The predicted molar refractivity (Wildman–Crippen MR) is 134 cm³/mol. The van der Waals surface area contributed by atoms with Crippen LogP contribution in [0.2, 0.25) is 0 Å². The molecule has 174 valence electrons. The zero-order valence-corrected chi connectivity index (χ0v) is 20.1. The van der Waals surface area contributed by atoms with Gasteiger partial charge in [0.15, 0.2) is 5.78 Å². The lowest BCUT2D eigenvalue weighted by Gasteiger charge is -2.30. The third-order valence-corrected chi connectivity index (χ3v) is 6.22. The number of rotatable bonds is 4. The molecule has 6 heteroatoms. The molecule has 1 atom stereocenters. The minimum absolute atomic E-state index is 0.0814. The van der Waals surface area contributed by atoms with Crippen molar-refractivity contribution in [2.24, 2.45) is 0 Å². The van der Waals surface area contributed by atoms with Crippen molar-refractivity contribution in [3.8, 4) is 16.9 Å². The lowest BCUT2D eigenvalue weighted by atomic mass is 9.86. The topological polar surface area (TPSA) is 81.3 Å². The first-order valence-electron chi connectivity index (χ1n) is 11.5. The molecule has 0 amide bonds. The third-order valence-electron chi connectivity index (χ3n) is 6.22. The summed E-state index contributed by atoms with van der Waals surface area (Å²) in [5, 5.41) is 1.83. The van der Waals surface area contributed by atoms with Gasteiger partial charge in [-0.25, -0.2) is 0 Å². The summed E-state index contributed by atoms with van der Waals surface area (Å²) in [6.07, 6.45) is 1.87. The summed E-state index contributed by atoms with van der Waals surface area (Å²) in [6.45, 7) is 9.97. The summed E-state index contributed by atoms with van der Waals surface area (Å²) in [6, 6.07) is 11.2. The fourth-order valence-electron chi connectivity index (χ4n) is 4.89. The van der Waals surface area contributed by atoms with Crippen LogP contribution in [0.1, 0.15) is 50.5 Å². The van der Waals surface area contributed by atoms with Gasteiger partial charge < -0.3 is 14.5 Å². The number of H-pyrrole nitrogens is 1. The Balaban J connectivity index is 1.92. The summed E-state index contributed by atoms with van der Waals surface area (Å²) in [7, 11) is 0. The SMILES string of the molecule is CC(=O)[C@@H](OC(C)(C)C)c1c(C)cc2[nH]c(=O)ccc2c1-c1ccc2c3c(ccnc13)CCO2. The van der Waals surface area contributed by atoms with E-state index in [4.69, 9.17) is 14.5 Å². The Morgan fingerprint density at radius 3 is 2.71 bits per heavy atom. The van der Waals surface area contributed by atoms with Gasteiger partial charge in [0, 0.05) is 40.5 Å². The molecule has 5 rings (SSSR count). The van der Waals surface area contributed by atoms with E-state index in [1.807, 2.05) is 64.2 Å². The first-order chi connectivity index (χ1) is 16.1. The van der Waals surface area contributed by atoms with Gasteiger partial charge >= 0.3 is 0 Å². The number of ether oxygens (including phenoxy) is 2. The second-order valence-electron chi connectivity index (χ2n) is 9.89.